The van der Waals surface area contributed by atoms with Crippen LogP contribution in [0.2, 0.25) is 5.02 Å². The second kappa shape index (κ2) is 9.88. The molecule has 0 aliphatic carbocycles. The van der Waals surface area contributed by atoms with Crippen LogP contribution in [0.15, 0.2) is 24.3 Å². The van der Waals surface area contributed by atoms with Gasteiger partial charge in [0, 0.05) is 19.7 Å². The summed E-state index contributed by atoms with van der Waals surface area (Å²) in [6.07, 6.45) is 0. The van der Waals surface area contributed by atoms with Crippen molar-refractivity contribution in [2.24, 2.45) is 0 Å². The molecule has 3 aromatic rings. The highest BCUT2D eigenvalue weighted by Gasteiger charge is 2.27. The molecule has 2 heterocycles. The molecule has 0 bridgehead atoms. The molecule has 32 heavy (non-hydrogen) atoms. The summed E-state index contributed by atoms with van der Waals surface area (Å²) in [5.41, 5.74) is 1.19. The van der Waals surface area contributed by atoms with E-state index in [0.717, 1.165) is 16.1 Å². The predicted molar refractivity (Wildman–Crippen MR) is 120 cm³/mol. The largest absolute Gasteiger partial charge is 0.462 e. The monoisotopic (exact) mass is 476 g/mol. The number of anilines is 1. The van der Waals surface area contributed by atoms with E-state index in [1.54, 1.807) is 52.2 Å². The smallest absolute Gasteiger partial charge is 0.341 e. The molecule has 0 fully saturated rings. The fraction of sp³-hybridized carbons (Fsp3) is 0.300. The summed E-state index contributed by atoms with van der Waals surface area (Å²) in [6.45, 7) is 3.22. The third-order valence-corrected chi connectivity index (χ3v) is 5.86. The van der Waals surface area contributed by atoms with Crippen molar-refractivity contribution in [3.8, 4) is 11.4 Å². The molecule has 0 atom stereocenters. The van der Waals surface area contributed by atoms with Crippen LogP contribution >= 0.6 is 22.9 Å². The van der Waals surface area contributed by atoms with E-state index in [1.807, 2.05) is 0 Å². The van der Waals surface area contributed by atoms with Gasteiger partial charge in [0.2, 0.25) is 11.7 Å². The Balaban J connectivity index is 1.83. The minimum absolute atomic E-state index is 0.152. The van der Waals surface area contributed by atoms with Gasteiger partial charge < -0.3 is 15.0 Å². The van der Waals surface area contributed by atoms with Crippen molar-refractivity contribution >= 4 is 45.7 Å². The number of hydrogen-bond acceptors (Lipinski definition) is 8. The lowest BCUT2D eigenvalue weighted by molar-refractivity contribution is -0.117. The fourth-order valence-corrected chi connectivity index (χ4v) is 4.27. The van der Waals surface area contributed by atoms with Crippen LogP contribution in [0, 0.1) is 6.92 Å². The summed E-state index contributed by atoms with van der Waals surface area (Å²) in [5, 5.41) is 15.4. The quantitative estimate of drug-likeness (QED) is 0.520. The van der Waals surface area contributed by atoms with Crippen molar-refractivity contribution in [1.82, 2.24) is 25.1 Å². The molecule has 0 unspecified atom stereocenters. The summed E-state index contributed by atoms with van der Waals surface area (Å²) in [6, 6.07) is 7.01. The molecule has 0 spiro atoms. The van der Waals surface area contributed by atoms with Gasteiger partial charge in [-0.15, -0.1) is 21.5 Å². The number of carbonyl (C=O) groups is 3. The number of nitrogens with zero attached hydrogens (tertiary/aromatic N) is 5. The Hall–Kier alpha value is -3.31. The van der Waals surface area contributed by atoms with E-state index in [0.29, 0.717) is 21.0 Å². The highest BCUT2D eigenvalue weighted by atomic mass is 35.5. The first-order chi connectivity index (χ1) is 15.2. The number of halogens is 1. The van der Waals surface area contributed by atoms with Gasteiger partial charge in [0.05, 0.1) is 22.1 Å². The number of aromatic nitrogens is 4. The van der Waals surface area contributed by atoms with Crippen molar-refractivity contribution < 1.29 is 19.1 Å². The average Bonchev–Trinajstić information content (AvgIpc) is 3.32. The number of carbonyl (C=O) groups excluding carboxylic acids is 3. The molecule has 0 saturated carbocycles. The normalized spacial score (nSPS) is 10.7. The zero-order valence-electron chi connectivity index (χ0n) is 17.9. The molecule has 2 aromatic heterocycles. The van der Waals surface area contributed by atoms with Gasteiger partial charge in [0.1, 0.15) is 11.5 Å². The minimum Gasteiger partial charge on any atom is -0.462 e. The Bertz CT molecular complexity index is 1170. The van der Waals surface area contributed by atoms with E-state index >= 15 is 0 Å². The fourth-order valence-electron chi connectivity index (χ4n) is 2.81. The van der Waals surface area contributed by atoms with E-state index in [9.17, 15) is 14.4 Å². The summed E-state index contributed by atoms with van der Waals surface area (Å²) < 4.78 is 5.11. The second-order valence-electron chi connectivity index (χ2n) is 6.85. The molecular formula is C20H21ClN6O4S. The van der Waals surface area contributed by atoms with Crippen LogP contribution in [-0.2, 0) is 16.1 Å². The first kappa shape index (κ1) is 23.4. The number of esters is 1. The zero-order valence-corrected chi connectivity index (χ0v) is 19.5. The zero-order chi connectivity index (χ0) is 23.4. The number of amides is 2. The molecule has 0 radical (unpaired) electrons. The highest BCUT2D eigenvalue weighted by molar-refractivity contribution is 7.18. The molecule has 0 aliphatic rings. The van der Waals surface area contributed by atoms with Crippen molar-refractivity contribution in [3.63, 3.8) is 0 Å². The molecule has 2 amide bonds. The van der Waals surface area contributed by atoms with E-state index in [4.69, 9.17) is 16.3 Å². The molecule has 3 rings (SSSR count). The molecule has 1 N–H and O–H groups in total. The van der Waals surface area contributed by atoms with Crippen molar-refractivity contribution in [1.29, 1.82) is 0 Å². The van der Waals surface area contributed by atoms with Crippen LogP contribution in [0.4, 0.5) is 5.00 Å². The number of benzene rings is 1. The Kier molecular flexibility index (Phi) is 7.21. The molecule has 12 heteroatoms. The topological polar surface area (TPSA) is 119 Å². The van der Waals surface area contributed by atoms with Crippen molar-refractivity contribution in [3.05, 3.63) is 45.3 Å². The van der Waals surface area contributed by atoms with Crippen LogP contribution in [0.1, 0.15) is 32.5 Å². The van der Waals surface area contributed by atoms with Gasteiger partial charge in [0.25, 0.3) is 5.91 Å². The summed E-state index contributed by atoms with van der Waals surface area (Å²) in [5.74, 6) is -1.11. The molecular weight excluding hydrogens is 456 g/mol. The number of tetrazole rings is 1. The maximum Gasteiger partial charge on any atom is 0.341 e. The first-order valence-electron chi connectivity index (χ1n) is 9.57. The molecule has 1 aromatic carbocycles. The second-order valence-corrected chi connectivity index (χ2v) is 8.28. The lowest BCUT2D eigenvalue weighted by Gasteiger charge is -2.09. The van der Waals surface area contributed by atoms with Gasteiger partial charge in [-0.05, 0) is 36.8 Å². The Morgan fingerprint density at radius 2 is 1.97 bits per heavy atom. The van der Waals surface area contributed by atoms with Crippen LogP contribution in [0.25, 0.3) is 11.4 Å². The summed E-state index contributed by atoms with van der Waals surface area (Å²) in [4.78, 5) is 40.5. The van der Waals surface area contributed by atoms with Gasteiger partial charge in [0.15, 0.2) is 0 Å². The first-order valence-corrected chi connectivity index (χ1v) is 10.8. The SMILES string of the molecule is CCOC(=O)c1c(NC(=O)Cn2nnc(-c3ccccc3Cl)n2)sc(C(=O)N(C)C)c1C. The average molecular weight is 477 g/mol. The lowest BCUT2D eigenvalue weighted by Crippen LogP contribution is -2.21. The van der Waals surface area contributed by atoms with E-state index in [2.05, 4.69) is 20.7 Å². The van der Waals surface area contributed by atoms with E-state index in [1.165, 1.54) is 4.90 Å². The van der Waals surface area contributed by atoms with Gasteiger partial charge in [-0.3, -0.25) is 9.59 Å². The lowest BCUT2D eigenvalue weighted by atomic mass is 10.1. The third-order valence-electron chi connectivity index (χ3n) is 4.33. The van der Waals surface area contributed by atoms with Gasteiger partial charge in [-0.2, -0.15) is 4.80 Å². The van der Waals surface area contributed by atoms with Gasteiger partial charge in [-0.1, -0.05) is 23.7 Å². The summed E-state index contributed by atoms with van der Waals surface area (Å²) in [7, 11) is 3.22. The van der Waals surface area contributed by atoms with Crippen LogP contribution in [0.3, 0.4) is 0 Å². The Morgan fingerprint density at radius 1 is 1.25 bits per heavy atom. The summed E-state index contributed by atoms with van der Waals surface area (Å²) >= 11 is 7.16. The molecule has 0 saturated heterocycles. The maximum absolute atomic E-state index is 12.6. The molecule has 0 aliphatic heterocycles. The predicted octanol–water partition coefficient (Wildman–Crippen LogP) is 2.88. The number of hydrogen-bond donors (Lipinski definition) is 1. The van der Waals surface area contributed by atoms with E-state index in [-0.39, 0.29) is 35.4 Å². The van der Waals surface area contributed by atoms with Crippen molar-refractivity contribution in [2.45, 2.75) is 20.4 Å². The molecule has 168 valence electrons. The van der Waals surface area contributed by atoms with E-state index < -0.39 is 11.9 Å². The number of rotatable bonds is 7. The standard InChI is InChI=1S/C20H21ClN6O4S/c1-5-31-20(30)15-11(2)16(19(29)26(3)4)32-18(15)22-14(28)10-27-24-17(23-25-27)12-8-6-7-9-13(12)21/h6-9H,5,10H2,1-4H3,(H,22,28). The maximum atomic E-state index is 12.6. The van der Waals surface area contributed by atoms with Crippen LogP contribution in [0.5, 0.6) is 0 Å². The number of ether oxygens (including phenoxy) is 1. The number of thiophene rings is 1. The Morgan fingerprint density at radius 3 is 2.62 bits per heavy atom. The Labute approximate surface area is 193 Å². The van der Waals surface area contributed by atoms with Gasteiger partial charge >= 0.3 is 5.97 Å². The van der Waals surface area contributed by atoms with Crippen LogP contribution < -0.4 is 5.32 Å². The van der Waals surface area contributed by atoms with Crippen molar-refractivity contribution in [2.75, 3.05) is 26.0 Å². The minimum atomic E-state index is -0.616. The molecule has 10 nitrogen and oxygen atoms in total. The van der Waals surface area contributed by atoms with Gasteiger partial charge in [-0.25, -0.2) is 4.79 Å². The third kappa shape index (κ3) is 4.94. The number of nitrogens with one attached hydrogen (secondary N) is 1. The highest BCUT2D eigenvalue weighted by Crippen LogP contribution is 2.34. The van der Waals surface area contributed by atoms with Crippen LogP contribution in [-0.4, -0.2) is 63.6 Å².